The van der Waals surface area contributed by atoms with Gasteiger partial charge >= 0.3 is 6.18 Å². The van der Waals surface area contributed by atoms with Crippen molar-refractivity contribution >= 4 is 16.9 Å². The van der Waals surface area contributed by atoms with Crippen LogP contribution in [-0.4, -0.2) is 83.1 Å². The highest BCUT2D eigenvalue weighted by molar-refractivity contribution is 8.14. The van der Waals surface area contributed by atoms with Crippen molar-refractivity contribution in [1.82, 2.24) is 4.90 Å². The summed E-state index contributed by atoms with van der Waals surface area (Å²) in [6.07, 6.45) is -11.9. The second-order valence-corrected chi connectivity index (χ2v) is 6.25. The summed E-state index contributed by atoms with van der Waals surface area (Å²) >= 11 is 1.14. The van der Waals surface area contributed by atoms with Crippen molar-refractivity contribution in [3.63, 3.8) is 0 Å². The van der Waals surface area contributed by atoms with E-state index in [9.17, 15) is 23.4 Å². The van der Waals surface area contributed by atoms with Crippen molar-refractivity contribution in [2.45, 2.75) is 49.0 Å². The minimum absolute atomic E-state index is 0.561. The van der Waals surface area contributed by atoms with Crippen LogP contribution in [0.1, 0.15) is 6.92 Å². The van der Waals surface area contributed by atoms with E-state index in [4.69, 9.17) is 4.74 Å². The summed E-state index contributed by atoms with van der Waals surface area (Å²) in [6.45, 7) is 2.54. The maximum atomic E-state index is 13.0. The second kappa shape index (κ2) is 6.52. The van der Waals surface area contributed by atoms with Gasteiger partial charge in [0.15, 0.2) is 11.3 Å². The molecule has 0 aliphatic carbocycles. The van der Waals surface area contributed by atoms with Crippen LogP contribution < -0.4 is 0 Å². The van der Waals surface area contributed by atoms with Crippen LogP contribution in [0.4, 0.5) is 13.2 Å². The van der Waals surface area contributed by atoms with Crippen LogP contribution in [0.5, 0.6) is 0 Å². The number of methoxy groups -OCH3 is 1. The molecule has 0 aromatic heterocycles. The van der Waals surface area contributed by atoms with Gasteiger partial charge < -0.3 is 24.6 Å². The van der Waals surface area contributed by atoms with E-state index in [-0.39, 0.29) is 0 Å². The van der Waals surface area contributed by atoms with Crippen molar-refractivity contribution < 1.29 is 32.9 Å². The molecule has 2 N–H and O–H groups in total. The Balaban J connectivity index is 2.19. The third-order valence-corrected chi connectivity index (χ3v) is 5.01. The molecule has 6 atom stereocenters. The number of aliphatic hydroxyl groups is 2. The zero-order chi connectivity index (χ0) is 16.7. The van der Waals surface area contributed by atoms with Gasteiger partial charge in [-0.15, -0.1) is 0 Å². The third kappa shape index (κ3) is 3.21. The van der Waals surface area contributed by atoms with Gasteiger partial charge in [0, 0.05) is 20.7 Å². The Bertz CT molecular complexity index is 437. The quantitative estimate of drug-likeness (QED) is 0.774. The summed E-state index contributed by atoms with van der Waals surface area (Å²) in [5.74, 6) is 0. The Kier molecular flexibility index (Phi) is 5.27. The Labute approximate surface area is 130 Å². The molecule has 1 saturated heterocycles. The lowest BCUT2D eigenvalue weighted by Crippen LogP contribution is -2.61. The molecule has 2 heterocycles. The van der Waals surface area contributed by atoms with Gasteiger partial charge in [-0.2, -0.15) is 13.2 Å². The Morgan fingerprint density at radius 2 is 2.05 bits per heavy atom. The maximum absolute atomic E-state index is 13.0. The highest BCUT2D eigenvalue weighted by atomic mass is 32.2. The summed E-state index contributed by atoms with van der Waals surface area (Å²) < 4.78 is 48.7. The summed E-state index contributed by atoms with van der Waals surface area (Å²) in [5, 5.41) is 20.7. The summed E-state index contributed by atoms with van der Waals surface area (Å²) in [4.78, 5) is 6.03. The molecule has 0 aromatic rings. The largest absolute Gasteiger partial charge is 0.417 e. The smallest absolute Gasteiger partial charge is 0.388 e. The number of hydrogen-bond acceptors (Lipinski definition) is 7. The number of halogens is 3. The number of thioether (sulfide) groups is 1. The molecule has 10 heteroatoms. The maximum Gasteiger partial charge on any atom is 0.417 e. The highest BCUT2D eigenvalue weighted by Crippen LogP contribution is 2.40. The predicted octanol–water partition coefficient (Wildman–Crippen LogP) is 0.433. The van der Waals surface area contributed by atoms with E-state index in [0.717, 1.165) is 18.9 Å². The lowest BCUT2D eigenvalue weighted by molar-refractivity contribution is -0.278. The first-order valence-corrected chi connectivity index (χ1v) is 7.65. The van der Waals surface area contributed by atoms with E-state index >= 15 is 0 Å². The van der Waals surface area contributed by atoms with Crippen LogP contribution in [0.25, 0.3) is 0 Å². The number of nitrogens with zero attached hydrogens (tertiary/aromatic N) is 2. The zero-order valence-electron chi connectivity index (χ0n) is 12.3. The summed E-state index contributed by atoms with van der Waals surface area (Å²) in [7, 11) is 2.67. The van der Waals surface area contributed by atoms with Gasteiger partial charge in [-0.3, -0.25) is 4.99 Å². The molecule has 0 saturated carbocycles. The third-order valence-electron chi connectivity index (χ3n) is 3.76. The molecule has 0 bridgehead atoms. The van der Waals surface area contributed by atoms with Crippen molar-refractivity contribution in [1.29, 1.82) is 0 Å². The SMILES string of the molecule is CCN(C)C1=N[C@@H]2[C@@H](O)[C@H](O)C([C@H](OC)C(F)(F)F)O[C@@H]2S1. The average Bonchev–Trinajstić information content (AvgIpc) is 2.86. The second-order valence-electron chi connectivity index (χ2n) is 5.18. The minimum atomic E-state index is -4.71. The first-order valence-electron chi connectivity index (χ1n) is 6.77. The Morgan fingerprint density at radius 3 is 2.55 bits per heavy atom. The first-order chi connectivity index (χ1) is 10.2. The minimum Gasteiger partial charge on any atom is -0.388 e. The number of aliphatic hydroxyl groups excluding tert-OH is 2. The van der Waals surface area contributed by atoms with Crippen molar-refractivity contribution in [3.05, 3.63) is 0 Å². The monoisotopic (exact) mass is 344 g/mol. The lowest BCUT2D eigenvalue weighted by Gasteiger charge is -2.41. The molecule has 1 fully saturated rings. The van der Waals surface area contributed by atoms with Crippen LogP contribution in [0.15, 0.2) is 4.99 Å². The summed E-state index contributed by atoms with van der Waals surface area (Å²) in [5.41, 5.74) is -0.785. The lowest BCUT2D eigenvalue weighted by atomic mass is 9.94. The van der Waals surface area contributed by atoms with E-state index in [1.54, 1.807) is 11.9 Å². The molecule has 0 radical (unpaired) electrons. The van der Waals surface area contributed by atoms with Crippen LogP contribution in [0.3, 0.4) is 0 Å². The molecule has 2 rings (SSSR count). The predicted molar refractivity (Wildman–Crippen MR) is 74.6 cm³/mol. The fraction of sp³-hybridized carbons (Fsp3) is 0.917. The van der Waals surface area contributed by atoms with Gasteiger partial charge in [-0.05, 0) is 6.92 Å². The molecular formula is C12H19F3N2O4S. The topological polar surface area (TPSA) is 74.5 Å². The fourth-order valence-electron chi connectivity index (χ4n) is 2.40. The molecule has 2 aliphatic heterocycles. The van der Waals surface area contributed by atoms with E-state index in [2.05, 4.69) is 9.73 Å². The number of fused-ring (bicyclic) bond motifs is 1. The number of ether oxygens (including phenoxy) is 2. The molecule has 0 spiro atoms. The van der Waals surface area contributed by atoms with Crippen LogP contribution in [0, 0.1) is 0 Å². The first kappa shape index (κ1) is 17.8. The molecule has 22 heavy (non-hydrogen) atoms. The number of aliphatic imine (C=N–C) groups is 1. The van der Waals surface area contributed by atoms with Gasteiger partial charge in [-0.25, -0.2) is 0 Å². The van der Waals surface area contributed by atoms with Gasteiger partial charge in [0.1, 0.15) is 29.8 Å². The van der Waals surface area contributed by atoms with Crippen LogP contribution in [-0.2, 0) is 9.47 Å². The van der Waals surface area contributed by atoms with E-state index in [1.807, 2.05) is 6.92 Å². The van der Waals surface area contributed by atoms with Crippen molar-refractivity contribution in [3.8, 4) is 0 Å². The van der Waals surface area contributed by atoms with E-state index < -0.39 is 42.1 Å². The molecule has 1 unspecified atom stereocenters. The van der Waals surface area contributed by atoms with Gasteiger partial charge in [-0.1, -0.05) is 11.8 Å². The number of amidine groups is 1. The van der Waals surface area contributed by atoms with Crippen LogP contribution >= 0.6 is 11.8 Å². The highest BCUT2D eigenvalue weighted by Gasteiger charge is 2.56. The number of alkyl halides is 3. The van der Waals surface area contributed by atoms with E-state index in [0.29, 0.717) is 11.7 Å². The zero-order valence-corrected chi connectivity index (χ0v) is 13.1. The van der Waals surface area contributed by atoms with Crippen molar-refractivity contribution in [2.75, 3.05) is 20.7 Å². The van der Waals surface area contributed by atoms with Gasteiger partial charge in [0.2, 0.25) is 0 Å². The van der Waals surface area contributed by atoms with Crippen LogP contribution in [0.2, 0.25) is 0 Å². The average molecular weight is 344 g/mol. The normalized spacial score (nSPS) is 36.7. The Morgan fingerprint density at radius 1 is 1.41 bits per heavy atom. The standard InChI is InChI=1S/C12H19F3N2O4S/c1-4-17(2)11-16-5-6(18)7(19)8(21-10(5)22-11)9(20-3)12(13,14)15/h5-10,18-19H,4H2,1-3H3/t5-,6-,7+,8?,9+,10-/m1/s1. The van der Waals surface area contributed by atoms with E-state index in [1.165, 1.54) is 0 Å². The Hall–Kier alpha value is -0.550. The number of rotatable bonds is 3. The molecule has 2 aliphatic rings. The molecule has 128 valence electrons. The van der Waals surface area contributed by atoms with Crippen molar-refractivity contribution in [2.24, 2.45) is 4.99 Å². The van der Waals surface area contributed by atoms with Gasteiger partial charge in [0.25, 0.3) is 0 Å². The molecular weight excluding hydrogens is 325 g/mol. The van der Waals surface area contributed by atoms with Gasteiger partial charge in [0.05, 0.1) is 0 Å². The summed E-state index contributed by atoms with van der Waals surface area (Å²) in [6, 6.07) is -0.800. The number of hydrogen-bond donors (Lipinski definition) is 2. The molecule has 6 nitrogen and oxygen atoms in total. The fourth-order valence-corrected chi connectivity index (χ4v) is 3.64. The molecule has 0 aromatic carbocycles. The molecule has 0 amide bonds.